The van der Waals surface area contributed by atoms with Gasteiger partial charge in [0.1, 0.15) is 17.9 Å². The summed E-state index contributed by atoms with van der Waals surface area (Å²) in [6.45, 7) is 1.06. The minimum absolute atomic E-state index is 0.0519. The quantitative estimate of drug-likeness (QED) is 0.404. The number of amides is 4. The van der Waals surface area contributed by atoms with E-state index < -0.39 is 40.7 Å². The largest absolute Gasteiger partial charge is 0.334 e. The number of urea groups is 1. The van der Waals surface area contributed by atoms with E-state index >= 15 is 0 Å². The maximum atomic E-state index is 14.1. The molecule has 0 bridgehead atoms. The SMILES string of the molecule is CC1(c2ccc([N+](=O)[O-])cc2)NC(=O)N(CC(=O)N(Cc2ccccc2F)C2CC2)C1=O. The van der Waals surface area contributed by atoms with Crippen LogP contribution < -0.4 is 5.32 Å². The maximum absolute atomic E-state index is 14.1. The van der Waals surface area contributed by atoms with Gasteiger partial charge in [-0.2, -0.15) is 0 Å². The Morgan fingerprint density at radius 1 is 1.22 bits per heavy atom. The van der Waals surface area contributed by atoms with Crippen LogP contribution in [0.1, 0.15) is 30.9 Å². The van der Waals surface area contributed by atoms with Crippen molar-refractivity contribution in [3.05, 3.63) is 75.6 Å². The highest BCUT2D eigenvalue weighted by atomic mass is 19.1. The third kappa shape index (κ3) is 3.91. The van der Waals surface area contributed by atoms with Gasteiger partial charge in [-0.1, -0.05) is 18.2 Å². The molecule has 1 aliphatic heterocycles. The zero-order valence-electron chi connectivity index (χ0n) is 17.3. The summed E-state index contributed by atoms with van der Waals surface area (Å²) in [5.41, 5.74) is -0.875. The van der Waals surface area contributed by atoms with Gasteiger partial charge in [-0.3, -0.25) is 24.6 Å². The predicted octanol–water partition coefficient (Wildman–Crippen LogP) is 2.69. The van der Waals surface area contributed by atoms with Gasteiger partial charge in [-0.15, -0.1) is 0 Å². The molecule has 1 saturated heterocycles. The van der Waals surface area contributed by atoms with Crippen LogP contribution in [0, 0.1) is 15.9 Å². The van der Waals surface area contributed by atoms with Gasteiger partial charge in [0.25, 0.3) is 11.6 Å². The number of carbonyl (C=O) groups excluding carboxylic acids is 3. The summed E-state index contributed by atoms with van der Waals surface area (Å²) in [6.07, 6.45) is 1.56. The zero-order valence-corrected chi connectivity index (χ0v) is 17.3. The van der Waals surface area contributed by atoms with E-state index in [1.807, 2.05) is 0 Å². The number of nitrogens with one attached hydrogen (secondary N) is 1. The summed E-state index contributed by atoms with van der Waals surface area (Å²) < 4.78 is 14.1. The molecule has 0 radical (unpaired) electrons. The number of non-ortho nitro benzene ring substituents is 1. The third-order valence-corrected chi connectivity index (χ3v) is 5.83. The monoisotopic (exact) mass is 440 g/mol. The Morgan fingerprint density at radius 2 is 1.88 bits per heavy atom. The zero-order chi connectivity index (χ0) is 23.0. The van der Waals surface area contributed by atoms with E-state index in [1.54, 1.807) is 18.2 Å². The lowest BCUT2D eigenvalue weighted by Crippen LogP contribution is -2.45. The second kappa shape index (κ2) is 8.03. The van der Waals surface area contributed by atoms with Gasteiger partial charge in [0.05, 0.1) is 4.92 Å². The molecule has 32 heavy (non-hydrogen) atoms. The fourth-order valence-corrected chi connectivity index (χ4v) is 3.80. The van der Waals surface area contributed by atoms with E-state index in [1.165, 1.54) is 42.2 Å². The molecular formula is C22H21FN4O5. The Labute approximate surface area is 182 Å². The number of benzene rings is 2. The molecule has 4 amide bonds. The molecule has 1 heterocycles. The summed E-state index contributed by atoms with van der Waals surface area (Å²) in [5.74, 6) is -1.51. The number of carbonyl (C=O) groups is 3. The molecule has 10 heteroatoms. The first-order valence-corrected chi connectivity index (χ1v) is 10.1. The third-order valence-electron chi connectivity index (χ3n) is 5.83. The van der Waals surface area contributed by atoms with Gasteiger partial charge in [-0.05, 0) is 43.5 Å². The van der Waals surface area contributed by atoms with Gasteiger partial charge in [0.15, 0.2) is 0 Å². The van der Waals surface area contributed by atoms with Gasteiger partial charge >= 0.3 is 6.03 Å². The summed E-state index contributed by atoms with van der Waals surface area (Å²) in [6, 6.07) is 10.7. The molecular weight excluding hydrogens is 419 g/mol. The van der Waals surface area contributed by atoms with Crippen LogP contribution in [-0.4, -0.2) is 45.2 Å². The maximum Gasteiger partial charge on any atom is 0.325 e. The number of hydrogen-bond donors (Lipinski definition) is 1. The molecule has 166 valence electrons. The first kappa shape index (κ1) is 21.4. The standard InChI is InChI=1S/C22H21FN4O5/c1-22(15-6-8-17(9-7-15)27(31)32)20(29)26(21(30)24-22)13-19(28)25(16-10-11-16)12-14-4-2-3-5-18(14)23/h2-9,16H,10-13H2,1H3,(H,24,30). The molecule has 2 aromatic rings. The van der Waals surface area contributed by atoms with Crippen molar-refractivity contribution >= 4 is 23.5 Å². The molecule has 0 spiro atoms. The summed E-state index contributed by atoms with van der Waals surface area (Å²) in [5, 5.41) is 13.5. The van der Waals surface area contributed by atoms with Crippen molar-refractivity contribution < 1.29 is 23.7 Å². The van der Waals surface area contributed by atoms with Crippen LogP contribution in [0.4, 0.5) is 14.9 Å². The second-order valence-electron chi connectivity index (χ2n) is 8.09. The molecule has 1 saturated carbocycles. The molecule has 2 aliphatic rings. The van der Waals surface area contributed by atoms with Crippen molar-refractivity contribution in [1.29, 1.82) is 0 Å². The molecule has 4 rings (SSSR count). The summed E-state index contributed by atoms with van der Waals surface area (Å²) in [4.78, 5) is 51.3. The lowest BCUT2D eigenvalue weighted by atomic mass is 9.92. The smallest absolute Gasteiger partial charge is 0.325 e. The average Bonchev–Trinajstić information content (AvgIpc) is 3.58. The number of halogens is 1. The predicted molar refractivity (Wildman–Crippen MR) is 111 cm³/mol. The van der Waals surface area contributed by atoms with E-state index in [0.717, 1.165) is 17.7 Å². The number of imide groups is 1. The van der Waals surface area contributed by atoms with Crippen LogP contribution >= 0.6 is 0 Å². The van der Waals surface area contributed by atoms with E-state index in [2.05, 4.69) is 5.32 Å². The van der Waals surface area contributed by atoms with E-state index in [9.17, 15) is 28.9 Å². The van der Waals surface area contributed by atoms with Gasteiger partial charge < -0.3 is 10.2 Å². The van der Waals surface area contributed by atoms with Gasteiger partial charge in [0.2, 0.25) is 5.91 Å². The first-order chi connectivity index (χ1) is 15.2. The summed E-state index contributed by atoms with van der Waals surface area (Å²) in [7, 11) is 0. The van der Waals surface area contributed by atoms with Crippen LogP contribution in [-0.2, 0) is 21.7 Å². The van der Waals surface area contributed by atoms with Crippen LogP contribution in [0.25, 0.3) is 0 Å². The highest BCUT2D eigenvalue weighted by Gasteiger charge is 2.50. The van der Waals surface area contributed by atoms with E-state index in [4.69, 9.17) is 0 Å². The number of hydrogen-bond acceptors (Lipinski definition) is 5. The number of nitro groups is 1. The Kier molecular flexibility index (Phi) is 5.37. The molecule has 1 atom stereocenters. The Bertz CT molecular complexity index is 1100. The Balaban J connectivity index is 1.51. The van der Waals surface area contributed by atoms with Crippen molar-refractivity contribution in [2.75, 3.05) is 6.54 Å². The van der Waals surface area contributed by atoms with Gasteiger partial charge in [-0.25, -0.2) is 9.18 Å². The number of nitrogens with zero attached hydrogens (tertiary/aromatic N) is 3. The topological polar surface area (TPSA) is 113 Å². The Morgan fingerprint density at radius 3 is 2.47 bits per heavy atom. The number of nitro benzene ring substituents is 1. The fraction of sp³-hybridized carbons (Fsp3) is 0.318. The van der Waals surface area contributed by atoms with E-state index in [0.29, 0.717) is 11.1 Å². The molecule has 2 fully saturated rings. The van der Waals surface area contributed by atoms with Crippen molar-refractivity contribution in [2.24, 2.45) is 0 Å². The van der Waals surface area contributed by atoms with Crippen molar-refractivity contribution in [1.82, 2.24) is 15.1 Å². The molecule has 2 aromatic carbocycles. The van der Waals surface area contributed by atoms with Crippen LogP contribution in [0.3, 0.4) is 0 Å². The van der Waals surface area contributed by atoms with Crippen LogP contribution in [0.2, 0.25) is 0 Å². The highest BCUT2D eigenvalue weighted by Crippen LogP contribution is 2.32. The average molecular weight is 440 g/mol. The molecule has 1 N–H and O–H groups in total. The molecule has 1 aliphatic carbocycles. The lowest BCUT2D eigenvalue weighted by molar-refractivity contribution is -0.384. The van der Waals surface area contributed by atoms with Crippen molar-refractivity contribution in [3.8, 4) is 0 Å². The van der Waals surface area contributed by atoms with E-state index in [-0.39, 0.29) is 18.3 Å². The summed E-state index contributed by atoms with van der Waals surface area (Å²) >= 11 is 0. The van der Waals surface area contributed by atoms with Crippen LogP contribution in [0.5, 0.6) is 0 Å². The fourth-order valence-electron chi connectivity index (χ4n) is 3.80. The highest BCUT2D eigenvalue weighted by molar-refractivity contribution is 6.09. The molecule has 0 aromatic heterocycles. The normalized spacial score (nSPS) is 20.2. The Hall–Kier alpha value is -3.82. The minimum Gasteiger partial charge on any atom is -0.334 e. The lowest BCUT2D eigenvalue weighted by Gasteiger charge is -2.25. The first-order valence-electron chi connectivity index (χ1n) is 10.1. The number of rotatable bonds is 7. The van der Waals surface area contributed by atoms with Crippen molar-refractivity contribution in [2.45, 2.75) is 37.9 Å². The van der Waals surface area contributed by atoms with Crippen LogP contribution in [0.15, 0.2) is 48.5 Å². The molecule has 1 unspecified atom stereocenters. The second-order valence-corrected chi connectivity index (χ2v) is 8.09. The minimum atomic E-state index is -1.46. The molecule has 9 nitrogen and oxygen atoms in total. The van der Waals surface area contributed by atoms with Crippen molar-refractivity contribution in [3.63, 3.8) is 0 Å². The van der Waals surface area contributed by atoms with Gasteiger partial charge in [0, 0.05) is 30.3 Å².